The number of phenols is 1. The third kappa shape index (κ3) is 2.36. The SMILES string of the molecule is CCOC(=O)c1cc2ccc(C3CCC3)c(O)c2nc1OC. The molecule has 22 heavy (non-hydrogen) atoms. The van der Waals surface area contributed by atoms with Crippen molar-refractivity contribution in [2.75, 3.05) is 13.7 Å². The van der Waals surface area contributed by atoms with E-state index in [1.165, 1.54) is 13.5 Å². The zero-order valence-corrected chi connectivity index (χ0v) is 12.8. The zero-order valence-electron chi connectivity index (χ0n) is 12.8. The van der Waals surface area contributed by atoms with Gasteiger partial charge in [-0.25, -0.2) is 9.78 Å². The number of fused-ring (bicyclic) bond motifs is 1. The molecule has 0 aliphatic heterocycles. The third-order valence-corrected chi connectivity index (χ3v) is 4.19. The predicted octanol–water partition coefficient (Wildman–Crippen LogP) is 3.39. The molecule has 0 saturated heterocycles. The van der Waals surface area contributed by atoms with Gasteiger partial charge in [-0.1, -0.05) is 18.6 Å². The van der Waals surface area contributed by atoms with Gasteiger partial charge in [0.05, 0.1) is 13.7 Å². The minimum Gasteiger partial charge on any atom is -0.505 e. The number of aromatic nitrogens is 1. The zero-order chi connectivity index (χ0) is 15.7. The predicted molar refractivity (Wildman–Crippen MR) is 82.5 cm³/mol. The number of rotatable bonds is 4. The van der Waals surface area contributed by atoms with Gasteiger partial charge in [0.2, 0.25) is 5.88 Å². The maximum Gasteiger partial charge on any atom is 0.343 e. The van der Waals surface area contributed by atoms with E-state index >= 15 is 0 Å². The number of esters is 1. The van der Waals surface area contributed by atoms with Crippen molar-refractivity contribution in [2.45, 2.75) is 32.1 Å². The Balaban J connectivity index is 2.12. The van der Waals surface area contributed by atoms with E-state index in [1.807, 2.05) is 12.1 Å². The first-order valence-electron chi connectivity index (χ1n) is 7.53. The quantitative estimate of drug-likeness (QED) is 0.877. The van der Waals surface area contributed by atoms with Gasteiger partial charge in [-0.05, 0) is 37.3 Å². The molecule has 5 heteroatoms. The number of pyridine rings is 1. The van der Waals surface area contributed by atoms with Crippen molar-refractivity contribution < 1.29 is 19.4 Å². The summed E-state index contributed by atoms with van der Waals surface area (Å²) in [5.41, 5.74) is 1.67. The fraction of sp³-hybridized carbons (Fsp3) is 0.412. The standard InChI is InChI=1S/C17H19NO4/c1-3-22-17(20)13-9-11-7-8-12(10-5-4-6-10)15(19)14(11)18-16(13)21-2/h7-10,19H,3-6H2,1-2H3. The Morgan fingerprint density at radius 2 is 2.18 bits per heavy atom. The highest BCUT2D eigenvalue weighted by molar-refractivity contribution is 5.98. The fourth-order valence-electron chi connectivity index (χ4n) is 2.78. The number of hydrogen-bond acceptors (Lipinski definition) is 5. The van der Waals surface area contributed by atoms with E-state index in [9.17, 15) is 9.90 Å². The molecule has 1 fully saturated rings. The second-order valence-electron chi connectivity index (χ2n) is 5.47. The number of carbonyl (C=O) groups is 1. The summed E-state index contributed by atoms with van der Waals surface area (Å²) in [6.45, 7) is 2.03. The first-order chi connectivity index (χ1) is 10.7. The van der Waals surface area contributed by atoms with E-state index in [4.69, 9.17) is 9.47 Å². The maximum absolute atomic E-state index is 12.0. The summed E-state index contributed by atoms with van der Waals surface area (Å²) in [4.78, 5) is 16.3. The van der Waals surface area contributed by atoms with Crippen LogP contribution in [0.5, 0.6) is 11.6 Å². The minimum atomic E-state index is -0.476. The van der Waals surface area contributed by atoms with E-state index in [1.54, 1.807) is 13.0 Å². The van der Waals surface area contributed by atoms with Gasteiger partial charge < -0.3 is 14.6 Å². The molecule has 0 unspecified atom stereocenters. The largest absolute Gasteiger partial charge is 0.505 e. The van der Waals surface area contributed by atoms with Crippen molar-refractivity contribution >= 4 is 16.9 Å². The Hall–Kier alpha value is -2.30. The van der Waals surface area contributed by atoms with Crippen molar-refractivity contribution in [1.29, 1.82) is 0 Å². The van der Waals surface area contributed by atoms with Gasteiger partial charge in [-0.3, -0.25) is 0 Å². The van der Waals surface area contributed by atoms with Gasteiger partial charge in [-0.15, -0.1) is 0 Å². The first kappa shape index (κ1) is 14.6. The molecule has 0 atom stereocenters. The van der Waals surface area contributed by atoms with Gasteiger partial charge >= 0.3 is 5.97 Å². The Bertz CT molecular complexity index is 722. The van der Waals surface area contributed by atoms with Crippen LogP contribution in [0.4, 0.5) is 0 Å². The molecule has 1 aliphatic rings. The summed E-state index contributed by atoms with van der Waals surface area (Å²) >= 11 is 0. The lowest BCUT2D eigenvalue weighted by Gasteiger charge is -2.26. The molecule has 0 spiro atoms. The normalized spacial score (nSPS) is 14.6. The third-order valence-electron chi connectivity index (χ3n) is 4.19. The molecule has 1 aliphatic carbocycles. The fourth-order valence-corrected chi connectivity index (χ4v) is 2.78. The molecule has 1 aromatic heterocycles. The smallest absolute Gasteiger partial charge is 0.343 e. The van der Waals surface area contributed by atoms with Crippen molar-refractivity contribution in [3.05, 3.63) is 29.3 Å². The van der Waals surface area contributed by atoms with Crippen LogP contribution in [0, 0.1) is 0 Å². The number of carbonyl (C=O) groups excluding carboxylic acids is 1. The van der Waals surface area contributed by atoms with Crippen molar-refractivity contribution in [3.63, 3.8) is 0 Å². The van der Waals surface area contributed by atoms with Crippen LogP contribution in [0.2, 0.25) is 0 Å². The van der Waals surface area contributed by atoms with Gasteiger partial charge in [0, 0.05) is 5.39 Å². The highest BCUT2D eigenvalue weighted by Gasteiger charge is 2.25. The summed E-state index contributed by atoms with van der Waals surface area (Å²) in [5, 5.41) is 11.2. The monoisotopic (exact) mass is 301 g/mol. The Kier molecular flexibility index (Phi) is 3.88. The van der Waals surface area contributed by atoms with Crippen molar-refractivity contribution in [2.24, 2.45) is 0 Å². The minimum absolute atomic E-state index is 0.173. The molecule has 1 heterocycles. The molecule has 116 valence electrons. The number of benzene rings is 1. The van der Waals surface area contributed by atoms with Crippen LogP contribution in [0.3, 0.4) is 0 Å². The van der Waals surface area contributed by atoms with E-state index in [0.717, 1.165) is 18.4 Å². The Morgan fingerprint density at radius 3 is 2.77 bits per heavy atom. The van der Waals surface area contributed by atoms with Gasteiger partial charge in [0.25, 0.3) is 0 Å². The highest BCUT2D eigenvalue weighted by atomic mass is 16.5. The molecule has 0 bridgehead atoms. The molecule has 1 aromatic carbocycles. The second kappa shape index (κ2) is 5.83. The molecule has 0 amide bonds. The lowest BCUT2D eigenvalue weighted by molar-refractivity contribution is 0.0522. The average molecular weight is 301 g/mol. The van der Waals surface area contributed by atoms with E-state index < -0.39 is 5.97 Å². The lowest BCUT2D eigenvalue weighted by atomic mass is 9.79. The van der Waals surface area contributed by atoms with Crippen LogP contribution in [0.1, 0.15) is 48.0 Å². The lowest BCUT2D eigenvalue weighted by Crippen LogP contribution is -2.10. The highest BCUT2D eigenvalue weighted by Crippen LogP contribution is 2.43. The maximum atomic E-state index is 12.0. The van der Waals surface area contributed by atoms with Gasteiger partial charge in [0.1, 0.15) is 16.8 Å². The summed E-state index contributed by atoms with van der Waals surface area (Å²) in [5.74, 6) is 0.293. The van der Waals surface area contributed by atoms with Crippen LogP contribution in [-0.2, 0) is 4.74 Å². The average Bonchev–Trinajstić information content (AvgIpc) is 2.47. The summed E-state index contributed by atoms with van der Waals surface area (Å²) in [6, 6.07) is 5.46. The number of phenolic OH excluding ortho intramolecular Hbond substituents is 1. The summed E-state index contributed by atoms with van der Waals surface area (Å²) in [7, 11) is 1.45. The number of methoxy groups -OCH3 is 1. The second-order valence-corrected chi connectivity index (χ2v) is 5.47. The topological polar surface area (TPSA) is 68.7 Å². The molecule has 1 N–H and O–H groups in total. The van der Waals surface area contributed by atoms with Crippen LogP contribution < -0.4 is 4.74 Å². The number of aromatic hydroxyl groups is 1. The first-order valence-corrected chi connectivity index (χ1v) is 7.53. The van der Waals surface area contributed by atoms with E-state index in [2.05, 4.69) is 4.98 Å². The summed E-state index contributed by atoms with van der Waals surface area (Å²) < 4.78 is 10.2. The molecule has 5 nitrogen and oxygen atoms in total. The molecule has 3 rings (SSSR count). The van der Waals surface area contributed by atoms with Gasteiger partial charge in [0.15, 0.2) is 0 Å². The number of hydrogen-bond donors (Lipinski definition) is 1. The Labute approximate surface area is 128 Å². The Morgan fingerprint density at radius 1 is 1.41 bits per heavy atom. The van der Waals surface area contributed by atoms with Gasteiger partial charge in [-0.2, -0.15) is 0 Å². The van der Waals surface area contributed by atoms with Crippen molar-refractivity contribution in [1.82, 2.24) is 4.98 Å². The summed E-state index contributed by atoms with van der Waals surface area (Å²) in [6.07, 6.45) is 3.38. The molecular formula is C17H19NO4. The molecule has 2 aromatic rings. The van der Waals surface area contributed by atoms with Crippen LogP contribution in [-0.4, -0.2) is 29.8 Å². The van der Waals surface area contributed by atoms with Crippen LogP contribution in [0.25, 0.3) is 10.9 Å². The van der Waals surface area contributed by atoms with Crippen LogP contribution in [0.15, 0.2) is 18.2 Å². The van der Waals surface area contributed by atoms with Crippen LogP contribution >= 0.6 is 0 Å². The van der Waals surface area contributed by atoms with E-state index in [0.29, 0.717) is 16.8 Å². The number of ether oxygens (including phenoxy) is 2. The molecule has 1 saturated carbocycles. The molecule has 0 radical (unpaired) electrons. The molecular weight excluding hydrogens is 282 g/mol. The number of nitrogens with zero attached hydrogens (tertiary/aromatic N) is 1. The van der Waals surface area contributed by atoms with E-state index in [-0.39, 0.29) is 23.8 Å². The van der Waals surface area contributed by atoms with Crippen molar-refractivity contribution in [3.8, 4) is 11.6 Å².